The molecule has 150 valence electrons. The zero-order chi connectivity index (χ0) is 21.1. The average Bonchev–Trinajstić information content (AvgIpc) is 2.70. The summed E-state index contributed by atoms with van der Waals surface area (Å²) in [7, 11) is 0. The van der Waals surface area contributed by atoms with Crippen molar-refractivity contribution in [3.05, 3.63) is 77.5 Å². The lowest BCUT2D eigenvalue weighted by molar-refractivity contribution is -0.132. The van der Waals surface area contributed by atoms with Gasteiger partial charge in [0.25, 0.3) is 0 Å². The highest BCUT2D eigenvalue weighted by Gasteiger charge is 2.22. The molecule has 1 aromatic carbocycles. The Morgan fingerprint density at radius 1 is 1.14 bits per heavy atom. The zero-order valence-corrected chi connectivity index (χ0v) is 17.9. The van der Waals surface area contributed by atoms with E-state index in [-0.39, 0.29) is 30.4 Å². The summed E-state index contributed by atoms with van der Waals surface area (Å²) in [6.07, 6.45) is 10.2. The smallest absolute Gasteiger partial charge is 0.227 e. The van der Waals surface area contributed by atoms with Crippen LogP contribution in [0.25, 0.3) is 6.08 Å². The molecule has 0 radical (unpaired) electrons. The molecule has 3 heteroatoms. The maximum absolute atomic E-state index is 13.0. The lowest BCUT2D eigenvalue weighted by Gasteiger charge is -2.27. The highest BCUT2D eigenvalue weighted by molar-refractivity contribution is 5.87. The molecule has 0 spiro atoms. The minimum Gasteiger partial charge on any atom is -0.307 e. The Balaban J connectivity index is 0.00000190. The van der Waals surface area contributed by atoms with E-state index in [0.29, 0.717) is 6.54 Å². The van der Waals surface area contributed by atoms with Crippen molar-refractivity contribution in [3.63, 3.8) is 0 Å². The topological polar surface area (TPSA) is 37.4 Å². The molecule has 0 atom stereocenters. The van der Waals surface area contributed by atoms with Gasteiger partial charge in [0, 0.05) is 18.8 Å². The van der Waals surface area contributed by atoms with Crippen LogP contribution < -0.4 is 0 Å². The normalized spacial score (nSPS) is 17.3. The SMILES string of the molecule is C=C/C1=C(\C=C/C)/C=C\c2ccccc2CN1C(=O)CCC(=O)C(C)C.CC. The quantitative estimate of drug-likeness (QED) is 0.600. The fraction of sp³-hybridized carbons (Fsp3) is 0.360. The molecule has 0 aromatic heterocycles. The van der Waals surface area contributed by atoms with Gasteiger partial charge >= 0.3 is 0 Å². The van der Waals surface area contributed by atoms with Crippen molar-refractivity contribution in [2.45, 2.75) is 54.0 Å². The predicted octanol–water partition coefficient (Wildman–Crippen LogP) is 6.09. The molecule has 0 bridgehead atoms. The molecule has 1 heterocycles. The third-order valence-electron chi connectivity index (χ3n) is 4.48. The summed E-state index contributed by atoms with van der Waals surface area (Å²) in [6.45, 7) is 14.1. The van der Waals surface area contributed by atoms with E-state index in [2.05, 4.69) is 12.7 Å². The van der Waals surface area contributed by atoms with E-state index in [1.807, 2.05) is 77.1 Å². The molecule has 1 aliphatic heterocycles. The van der Waals surface area contributed by atoms with Crippen molar-refractivity contribution in [1.29, 1.82) is 0 Å². The number of carbonyl (C=O) groups is 2. The van der Waals surface area contributed by atoms with E-state index in [0.717, 1.165) is 22.4 Å². The van der Waals surface area contributed by atoms with Crippen LogP contribution in [0.5, 0.6) is 0 Å². The summed E-state index contributed by atoms with van der Waals surface area (Å²) in [4.78, 5) is 26.7. The number of hydrogen-bond donors (Lipinski definition) is 0. The second kappa shape index (κ2) is 11.9. The molecule has 1 aromatic rings. The summed E-state index contributed by atoms with van der Waals surface area (Å²) in [5.74, 6) is 0.0105. The Morgan fingerprint density at radius 2 is 1.82 bits per heavy atom. The highest BCUT2D eigenvalue weighted by atomic mass is 16.2. The largest absolute Gasteiger partial charge is 0.307 e. The van der Waals surface area contributed by atoms with Crippen LogP contribution in [-0.4, -0.2) is 16.6 Å². The molecule has 0 aliphatic carbocycles. The van der Waals surface area contributed by atoms with Gasteiger partial charge in [0.1, 0.15) is 5.78 Å². The number of carbonyl (C=O) groups excluding carboxylic acids is 2. The van der Waals surface area contributed by atoms with Crippen LogP contribution in [-0.2, 0) is 16.1 Å². The zero-order valence-electron chi connectivity index (χ0n) is 17.9. The first-order valence-corrected chi connectivity index (χ1v) is 10.1. The first-order chi connectivity index (χ1) is 13.5. The van der Waals surface area contributed by atoms with Crippen molar-refractivity contribution in [3.8, 4) is 0 Å². The molecule has 28 heavy (non-hydrogen) atoms. The number of allylic oxidation sites excluding steroid dienone is 5. The highest BCUT2D eigenvalue weighted by Crippen LogP contribution is 2.25. The first kappa shape index (κ1) is 23.4. The second-order valence-electron chi connectivity index (χ2n) is 6.68. The number of ketones is 1. The summed E-state index contributed by atoms with van der Waals surface area (Å²) in [5.41, 5.74) is 3.87. The van der Waals surface area contributed by atoms with Crippen LogP contribution >= 0.6 is 0 Å². The lowest BCUT2D eigenvalue weighted by Crippen LogP contribution is -2.31. The maximum Gasteiger partial charge on any atom is 0.227 e. The Kier molecular flexibility index (Phi) is 9.94. The summed E-state index contributed by atoms with van der Waals surface area (Å²) in [6, 6.07) is 8.04. The van der Waals surface area contributed by atoms with Crippen LogP contribution in [0.15, 0.2) is 66.4 Å². The van der Waals surface area contributed by atoms with Crippen molar-refractivity contribution in [2.24, 2.45) is 5.92 Å². The van der Waals surface area contributed by atoms with Gasteiger partial charge in [0.05, 0.1) is 12.2 Å². The average molecular weight is 380 g/mol. The molecule has 0 fully saturated rings. The molecular formula is C25H33NO2. The molecular weight excluding hydrogens is 346 g/mol. The van der Waals surface area contributed by atoms with E-state index >= 15 is 0 Å². The molecule has 1 aliphatic rings. The predicted molar refractivity (Wildman–Crippen MR) is 118 cm³/mol. The van der Waals surface area contributed by atoms with E-state index in [1.54, 1.807) is 11.0 Å². The monoisotopic (exact) mass is 379 g/mol. The van der Waals surface area contributed by atoms with Gasteiger partial charge in [-0.05, 0) is 29.7 Å². The fourth-order valence-corrected chi connectivity index (χ4v) is 2.94. The van der Waals surface area contributed by atoms with Gasteiger partial charge in [0.2, 0.25) is 5.91 Å². The van der Waals surface area contributed by atoms with Crippen molar-refractivity contribution < 1.29 is 9.59 Å². The number of rotatable bonds is 6. The summed E-state index contributed by atoms with van der Waals surface area (Å²) >= 11 is 0. The number of benzene rings is 1. The van der Waals surface area contributed by atoms with Gasteiger partial charge in [-0.3, -0.25) is 9.59 Å². The van der Waals surface area contributed by atoms with Crippen LogP contribution in [0.4, 0.5) is 0 Å². The van der Waals surface area contributed by atoms with Gasteiger partial charge < -0.3 is 4.90 Å². The number of amides is 1. The van der Waals surface area contributed by atoms with E-state index in [1.165, 1.54) is 0 Å². The fourth-order valence-electron chi connectivity index (χ4n) is 2.94. The van der Waals surface area contributed by atoms with E-state index in [4.69, 9.17) is 0 Å². The molecule has 2 rings (SSSR count). The minimum atomic E-state index is -0.0546. The Labute approximate surface area is 170 Å². The standard InChI is InChI=1S/C23H27NO2.C2H6/c1-5-9-19-13-12-18-10-7-8-11-20(18)16-24(21(19)6-2)23(26)15-14-22(25)17(3)4;1-2/h5-13,17H,2,14-16H2,1,3-4H3;1-2H3/b9-5-,13-12-,21-19-;. The van der Waals surface area contributed by atoms with Crippen molar-refractivity contribution in [1.82, 2.24) is 4.90 Å². The molecule has 1 amide bonds. The molecule has 0 N–H and O–H groups in total. The van der Waals surface area contributed by atoms with Gasteiger partial charge in [-0.15, -0.1) is 0 Å². The third kappa shape index (κ3) is 6.19. The van der Waals surface area contributed by atoms with Gasteiger partial charge in [-0.2, -0.15) is 0 Å². The number of hydrogen-bond acceptors (Lipinski definition) is 2. The van der Waals surface area contributed by atoms with Crippen LogP contribution in [0.2, 0.25) is 0 Å². The summed E-state index contributed by atoms with van der Waals surface area (Å²) < 4.78 is 0. The molecule has 3 nitrogen and oxygen atoms in total. The van der Waals surface area contributed by atoms with Crippen LogP contribution in [0.3, 0.4) is 0 Å². The van der Waals surface area contributed by atoms with Gasteiger partial charge in [-0.25, -0.2) is 0 Å². The lowest BCUT2D eigenvalue weighted by atomic mass is 9.99. The Morgan fingerprint density at radius 3 is 2.43 bits per heavy atom. The Hall–Kier alpha value is -2.68. The van der Waals surface area contributed by atoms with Crippen LogP contribution in [0, 0.1) is 5.92 Å². The number of fused-ring (bicyclic) bond motifs is 1. The minimum absolute atomic E-state index is 0.0493. The van der Waals surface area contributed by atoms with Crippen LogP contribution in [0.1, 0.15) is 58.6 Å². The van der Waals surface area contributed by atoms with E-state index in [9.17, 15) is 9.59 Å². The number of Topliss-reactive ketones (excluding diaryl/α,β-unsaturated/α-hetero) is 1. The maximum atomic E-state index is 13.0. The summed E-state index contributed by atoms with van der Waals surface area (Å²) in [5, 5.41) is 0. The van der Waals surface area contributed by atoms with Crippen molar-refractivity contribution >= 4 is 17.8 Å². The van der Waals surface area contributed by atoms with Gasteiger partial charge in [-0.1, -0.05) is 82.8 Å². The second-order valence-corrected chi connectivity index (χ2v) is 6.68. The molecule has 0 saturated carbocycles. The van der Waals surface area contributed by atoms with E-state index < -0.39 is 0 Å². The van der Waals surface area contributed by atoms with Gasteiger partial charge in [0.15, 0.2) is 0 Å². The number of nitrogens with zero attached hydrogens (tertiary/aromatic N) is 1. The Bertz CT molecular complexity index is 781. The molecule has 0 unspecified atom stereocenters. The molecule has 0 saturated heterocycles. The van der Waals surface area contributed by atoms with Crippen molar-refractivity contribution in [2.75, 3.05) is 0 Å². The first-order valence-electron chi connectivity index (χ1n) is 10.1. The third-order valence-corrected chi connectivity index (χ3v) is 4.48.